The Morgan fingerprint density at radius 1 is 0.551 bits per heavy atom. The topological polar surface area (TPSA) is 51.8 Å². The van der Waals surface area contributed by atoms with Crippen LogP contribution in [-0.4, -0.2) is 15.0 Å². The van der Waals surface area contributed by atoms with Crippen LogP contribution in [0, 0.1) is 0 Å². The molecule has 0 bridgehead atoms. The zero-order chi connectivity index (χ0) is 32.7. The van der Waals surface area contributed by atoms with Gasteiger partial charge in [0.1, 0.15) is 5.52 Å². The van der Waals surface area contributed by atoms with E-state index in [1.54, 1.807) is 0 Å². The van der Waals surface area contributed by atoms with Gasteiger partial charge in [0.2, 0.25) is 5.89 Å². The summed E-state index contributed by atoms with van der Waals surface area (Å²) in [5, 5.41) is 2.60. The number of benzene rings is 6. The minimum atomic E-state index is -0.276. The highest BCUT2D eigenvalue weighted by Gasteiger charge is 2.40. The van der Waals surface area contributed by atoms with Crippen LogP contribution < -0.4 is 0 Å². The van der Waals surface area contributed by atoms with E-state index in [9.17, 15) is 0 Å². The van der Waals surface area contributed by atoms with E-state index < -0.39 is 0 Å². The summed E-state index contributed by atoms with van der Waals surface area (Å²) in [7, 11) is 0. The van der Waals surface area contributed by atoms with E-state index in [0.29, 0.717) is 11.7 Å². The van der Waals surface area contributed by atoms with E-state index in [1.807, 2.05) is 47.7 Å². The van der Waals surface area contributed by atoms with Gasteiger partial charge in [-0.25, -0.2) is 15.0 Å². The number of fused-ring (bicyclic) bond motifs is 7. The number of hydrogen-bond acceptors (Lipinski definition) is 5. The Morgan fingerprint density at radius 2 is 1.22 bits per heavy atom. The van der Waals surface area contributed by atoms with Crippen LogP contribution in [0.4, 0.5) is 0 Å². The van der Waals surface area contributed by atoms with Crippen LogP contribution in [0.3, 0.4) is 0 Å². The van der Waals surface area contributed by atoms with Crippen molar-refractivity contribution in [3.63, 3.8) is 0 Å². The molecule has 0 aliphatic heterocycles. The fourth-order valence-electron chi connectivity index (χ4n) is 7.55. The summed E-state index contributed by atoms with van der Waals surface area (Å²) in [6.45, 7) is 4.58. The summed E-state index contributed by atoms with van der Waals surface area (Å²) < 4.78 is 8.75. The molecule has 4 nitrogen and oxygen atoms in total. The van der Waals surface area contributed by atoms with Crippen LogP contribution in [0.2, 0.25) is 0 Å². The highest BCUT2D eigenvalue weighted by molar-refractivity contribution is 7.26. The quantitative estimate of drug-likeness (QED) is 0.191. The lowest BCUT2D eigenvalue weighted by Crippen LogP contribution is -2.17. The van der Waals surface area contributed by atoms with Crippen molar-refractivity contribution in [3.05, 3.63) is 151 Å². The molecular weight excluding hydrogens is 619 g/mol. The molecule has 0 radical (unpaired) electrons. The van der Waals surface area contributed by atoms with Crippen molar-refractivity contribution in [2.45, 2.75) is 19.3 Å². The number of thiophene rings is 1. The van der Waals surface area contributed by atoms with Gasteiger partial charge in [-0.2, -0.15) is 0 Å². The van der Waals surface area contributed by atoms with Crippen LogP contribution in [0.25, 0.3) is 87.8 Å². The summed E-state index contributed by atoms with van der Waals surface area (Å²) in [6, 6.07) is 48.9. The molecule has 0 saturated heterocycles. The lowest BCUT2D eigenvalue weighted by molar-refractivity contribution is 0.620. The molecule has 0 amide bonds. The smallest absolute Gasteiger partial charge is 0.227 e. The SMILES string of the molecule is CC1(C)c2ccccc2-c2nc(-c3cccc(-c4nc5ccccc5o4)c3)nc(-c3cccc(-c4cccc5c4sc4ccccc45)c3)c21. The third-order valence-electron chi connectivity index (χ3n) is 9.90. The number of nitrogens with zero attached hydrogens (tertiary/aromatic N) is 3. The lowest BCUT2D eigenvalue weighted by atomic mass is 9.80. The molecule has 232 valence electrons. The molecule has 3 aromatic heterocycles. The highest BCUT2D eigenvalue weighted by Crippen LogP contribution is 2.52. The second kappa shape index (κ2) is 10.5. The first-order valence-electron chi connectivity index (χ1n) is 16.5. The second-order valence-electron chi connectivity index (χ2n) is 13.2. The van der Waals surface area contributed by atoms with Crippen LogP contribution in [-0.2, 0) is 5.41 Å². The van der Waals surface area contributed by atoms with Crippen LogP contribution in [0.1, 0.15) is 25.0 Å². The first-order valence-corrected chi connectivity index (χ1v) is 17.3. The Kier molecular flexibility index (Phi) is 6.05. The molecule has 3 heterocycles. The van der Waals surface area contributed by atoms with Gasteiger partial charge in [-0.1, -0.05) is 117 Å². The van der Waals surface area contributed by atoms with Crippen molar-refractivity contribution < 1.29 is 4.42 Å². The van der Waals surface area contributed by atoms with Gasteiger partial charge < -0.3 is 4.42 Å². The molecule has 0 N–H and O–H groups in total. The molecule has 9 aromatic rings. The van der Waals surface area contributed by atoms with Crippen molar-refractivity contribution in [2.24, 2.45) is 0 Å². The van der Waals surface area contributed by atoms with Crippen molar-refractivity contribution in [3.8, 4) is 56.5 Å². The molecule has 0 fully saturated rings. The van der Waals surface area contributed by atoms with Crippen molar-refractivity contribution in [1.82, 2.24) is 15.0 Å². The molecule has 0 spiro atoms. The molecule has 5 heteroatoms. The van der Waals surface area contributed by atoms with Crippen molar-refractivity contribution >= 4 is 42.6 Å². The zero-order valence-electron chi connectivity index (χ0n) is 26.9. The van der Waals surface area contributed by atoms with Crippen LogP contribution in [0.5, 0.6) is 0 Å². The van der Waals surface area contributed by atoms with E-state index in [0.717, 1.165) is 50.3 Å². The first-order chi connectivity index (χ1) is 24.0. The third kappa shape index (κ3) is 4.32. The van der Waals surface area contributed by atoms with Gasteiger partial charge in [-0.05, 0) is 53.1 Å². The summed E-state index contributed by atoms with van der Waals surface area (Å²) >= 11 is 1.86. The van der Waals surface area contributed by atoms with Gasteiger partial charge in [0.15, 0.2) is 11.4 Å². The normalized spacial score (nSPS) is 13.3. The Balaban J connectivity index is 1.17. The standard InChI is InChI=1S/C44H29N3OS/c1-44(2)34-20-5-3-17-33(34)40-38(44)39(46-42(47-40)28-14-10-15-29(25-28)43-45-35-21-6-7-22-36(35)48-43)27-13-9-12-26(24-27)30-18-11-19-32-31-16-4-8-23-37(31)49-41(30)32/h3-25H,1-2H3. The van der Waals surface area contributed by atoms with Gasteiger partial charge in [0.05, 0.1) is 11.4 Å². The minimum Gasteiger partial charge on any atom is -0.436 e. The minimum absolute atomic E-state index is 0.276. The average molecular weight is 648 g/mol. The number of para-hydroxylation sites is 2. The molecular formula is C44H29N3OS. The fraction of sp³-hybridized carbons (Fsp3) is 0.0682. The maximum atomic E-state index is 6.14. The summed E-state index contributed by atoms with van der Waals surface area (Å²) in [4.78, 5) is 15.5. The Morgan fingerprint density at radius 3 is 2.14 bits per heavy atom. The van der Waals surface area contributed by atoms with Crippen LogP contribution in [0.15, 0.2) is 144 Å². The Labute approximate surface area is 287 Å². The van der Waals surface area contributed by atoms with E-state index in [-0.39, 0.29) is 5.41 Å². The molecule has 0 atom stereocenters. The Bertz CT molecular complexity index is 2740. The molecule has 49 heavy (non-hydrogen) atoms. The van der Waals surface area contributed by atoms with E-state index in [1.165, 1.54) is 36.9 Å². The monoisotopic (exact) mass is 647 g/mol. The van der Waals surface area contributed by atoms with Gasteiger partial charge >= 0.3 is 0 Å². The summed E-state index contributed by atoms with van der Waals surface area (Å²) in [5.41, 5.74) is 12.2. The maximum Gasteiger partial charge on any atom is 0.227 e. The fourth-order valence-corrected chi connectivity index (χ4v) is 8.79. The van der Waals surface area contributed by atoms with E-state index in [2.05, 4.69) is 117 Å². The van der Waals surface area contributed by atoms with Gasteiger partial charge in [0, 0.05) is 53.4 Å². The maximum absolute atomic E-state index is 6.14. The van der Waals surface area contributed by atoms with Crippen molar-refractivity contribution in [1.29, 1.82) is 0 Å². The van der Waals surface area contributed by atoms with Gasteiger partial charge in [-0.15, -0.1) is 11.3 Å². The van der Waals surface area contributed by atoms with Crippen LogP contribution >= 0.6 is 11.3 Å². The Hall–Kier alpha value is -5.91. The third-order valence-corrected chi connectivity index (χ3v) is 11.1. The van der Waals surface area contributed by atoms with E-state index in [4.69, 9.17) is 19.4 Å². The lowest BCUT2D eigenvalue weighted by Gasteiger charge is -2.24. The van der Waals surface area contributed by atoms with Gasteiger partial charge in [-0.3, -0.25) is 0 Å². The molecule has 0 unspecified atom stereocenters. The molecule has 1 aliphatic rings. The molecule has 6 aromatic carbocycles. The summed E-state index contributed by atoms with van der Waals surface area (Å²) in [5.74, 6) is 1.26. The highest BCUT2D eigenvalue weighted by atomic mass is 32.1. The molecule has 0 saturated carbocycles. The number of rotatable bonds is 4. The zero-order valence-corrected chi connectivity index (χ0v) is 27.8. The predicted octanol–water partition coefficient (Wildman–Crippen LogP) is 12.0. The number of hydrogen-bond donors (Lipinski definition) is 0. The second-order valence-corrected chi connectivity index (χ2v) is 14.3. The predicted molar refractivity (Wildman–Crippen MR) is 202 cm³/mol. The molecule has 10 rings (SSSR count). The first kappa shape index (κ1) is 28.1. The average Bonchev–Trinajstić information content (AvgIpc) is 3.82. The van der Waals surface area contributed by atoms with Gasteiger partial charge in [0.25, 0.3) is 0 Å². The summed E-state index contributed by atoms with van der Waals surface area (Å²) in [6.07, 6.45) is 0. The number of aromatic nitrogens is 3. The van der Waals surface area contributed by atoms with E-state index >= 15 is 0 Å². The number of oxazole rings is 1. The van der Waals surface area contributed by atoms with Crippen molar-refractivity contribution in [2.75, 3.05) is 0 Å². The molecule has 1 aliphatic carbocycles. The largest absolute Gasteiger partial charge is 0.436 e.